The van der Waals surface area contributed by atoms with Crippen LogP contribution >= 0.6 is 0 Å². The molecule has 0 aliphatic heterocycles. The van der Waals surface area contributed by atoms with Crippen LogP contribution in [0.3, 0.4) is 0 Å². The lowest BCUT2D eigenvalue weighted by Crippen LogP contribution is -2.37. The van der Waals surface area contributed by atoms with Crippen molar-refractivity contribution in [2.45, 2.75) is 20.4 Å². The topological polar surface area (TPSA) is 81.4 Å². The molecule has 0 aliphatic carbocycles. The maximum absolute atomic E-state index is 13.8. The zero-order chi connectivity index (χ0) is 15.3. The number of aliphatic carboxylic acids is 1. The van der Waals surface area contributed by atoms with Gasteiger partial charge in [-0.1, -0.05) is 6.07 Å². The first-order valence-electron chi connectivity index (χ1n) is 6.10. The van der Waals surface area contributed by atoms with Crippen molar-refractivity contribution in [2.24, 2.45) is 5.92 Å². The smallest absolute Gasteiger partial charge is 0.315 e. The Bertz CT molecular complexity index is 566. The Morgan fingerprint density at radius 2 is 2.15 bits per heavy atom. The molecule has 20 heavy (non-hydrogen) atoms. The Labute approximate surface area is 116 Å². The second-order valence-corrected chi connectivity index (χ2v) is 4.33. The lowest BCUT2D eigenvalue weighted by molar-refractivity contribution is -0.150. The minimum absolute atomic E-state index is 0.0233. The molecule has 1 aromatic rings. The van der Waals surface area contributed by atoms with Crippen LogP contribution < -0.4 is 0 Å². The van der Waals surface area contributed by atoms with Gasteiger partial charge >= 0.3 is 5.97 Å². The first kappa shape index (κ1) is 15.6. The largest absolute Gasteiger partial charge is 0.481 e. The molecule has 0 saturated heterocycles. The van der Waals surface area contributed by atoms with Crippen molar-refractivity contribution >= 4 is 11.9 Å². The number of hydrogen-bond acceptors (Lipinski definition) is 3. The summed E-state index contributed by atoms with van der Waals surface area (Å²) >= 11 is 0. The van der Waals surface area contributed by atoms with Gasteiger partial charge in [0.05, 0.1) is 11.6 Å². The monoisotopic (exact) mass is 278 g/mol. The quantitative estimate of drug-likeness (QED) is 0.832. The molecule has 6 heteroatoms. The van der Waals surface area contributed by atoms with Gasteiger partial charge in [0, 0.05) is 18.7 Å². The average Bonchev–Trinajstić information content (AvgIpc) is 2.44. The van der Waals surface area contributed by atoms with Gasteiger partial charge in [0.25, 0.3) is 0 Å². The van der Waals surface area contributed by atoms with Gasteiger partial charge in [0.15, 0.2) is 0 Å². The lowest BCUT2D eigenvalue weighted by atomic mass is 10.1. The molecule has 1 atom stereocenters. The van der Waals surface area contributed by atoms with E-state index in [0.29, 0.717) is 0 Å². The van der Waals surface area contributed by atoms with Gasteiger partial charge < -0.3 is 10.0 Å². The van der Waals surface area contributed by atoms with Gasteiger partial charge in [-0.3, -0.25) is 9.59 Å². The molecule has 1 unspecified atom stereocenters. The Morgan fingerprint density at radius 1 is 1.50 bits per heavy atom. The number of carboxylic acid groups (broad SMARTS) is 1. The van der Waals surface area contributed by atoms with Crippen LogP contribution in [0.15, 0.2) is 18.2 Å². The summed E-state index contributed by atoms with van der Waals surface area (Å²) in [7, 11) is 0. The van der Waals surface area contributed by atoms with Crippen LogP contribution in [-0.4, -0.2) is 28.4 Å². The van der Waals surface area contributed by atoms with Crippen molar-refractivity contribution in [1.82, 2.24) is 4.90 Å². The van der Waals surface area contributed by atoms with E-state index in [0.717, 1.165) is 6.07 Å². The molecule has 0 aliphatic rings. The second-order valence-electron chi connectivity index (χ2n) is 4.33. The maximum atomic E-state index is 13.8. The molecule has 0 spiro atoms. The normalized spacial score (nSPS) is 11.5. The fourth-order valence-corrected chi connectivity index (χ4v) is 1.68. The van der Waals surface area contributed by atoms with Gasteiger partial charge in [0.2, 0.25) is 5.91 Å². The minimum Gasteiger partial charge on any atom is -0.481 e. The molecule has 1 rings (SSSR count). The summed E-state index contributed by atoms with van der Waals surface area (Å²) in [5.74, 6) is -3.54. The summed E-state index contributed by atoms with van der Waals surface area (Å²) in [5, 5.41) is 17.5. The van der Waals surface area contributed by atoms with E-state index in [2.05, 4.69) is 0 Å². The Balaban J connectivity index is 2.92. The van der Waals surface area contributed by atoms with E-state index in [4.69, 9.17) is 10.4 Å². The summed E-state index contributed by atoms with van der Waals surface area (Å²) in [6.45, 7) is 3.23. The zero-order valence-electron chi connectivity index (χ0n) is 11.3. The van der Waals surface area contributed by atoms with Gasteiger partial charge in [-0.15, -0.1) is 0 Å². The molecule has 0 saturated carbocycles. The third-order valence-electron chi connectivity index (χ3n) is 2.98. The summed E-state index contributed by atoms with van der Waals surface area (Å²) in [6.07, 6.45) is 0. The van der Waals surface area contributed by atoms with E-state index in [1.54, 1.807) is 6.92 Å². The number of rotatable bonds is 5. The van der Waals surface area contributed by atoms with Gasteiger partial charge in [0.1, 0.15) is 11.7 Å². The van der Waals surface area contributed by atoms with Crippen molar-refractivity contribution in [1.29, 1.82) is 5.26 Å². The number of nitrogens with zero attached hydrogens (tertiary/aromatic N) is 2. The second kappa shape index (κ2) is 6.66. The number of halogens is 1. The highest BCUT2D eigenvalue weighted by atomic mass is 19.1. The van der Waals surface area contributed by atoms with Crippen molar-refractivity contribution < 1.29 is 19.1 Å². The third kappa shape index (κ3) is 3.54. The van der Waals surface area contributed by atoms with Gasteiger partial charge in [-0.2, -0.15) is 5.26 Å². The Kier molecular flexibility index (Phi) is 5.21. The molecule has 1 aromatic carbocycles. The number of nitriles is 1. The zero-order valence-corrected chi connectivity index (χ0v) is 11.3. The number of amides is 1. The number of carbonyl (C=O) groups is 2. The lowest BCUT2D eigenvalue weighted by Gasteiger charge is -2.23. The molecule has 5 nitrogen and oxygen atoms in total. The predicted octanol–water partition coefficient (Wildman–Crippen LogP) is 1.77. The van der Waals surface area contributed by atoms with E-state index in [1.165, 1.54) is 24.0 Å². The summed E-state index contributed by atoms with van der Waals surface area (Å²) in [5.41, 5.74) is 0.441. The number of benzene rings is 1. The Morgan fingerprint density at radius 3 is 2.60 bits per heavy atom. The van der Waals surface area contributed by atoms with Crippen LogP contribution in [0.5, 0.6) is 0 Å². The van der Waals surface area contributed by atoms with Crippen LogP contribution in [0.2, 0.25) is 0 Å². The average molecular weight is 278 g/mol. The number of carbonyl (C=O) groups excluding carboxylic acids is 1. The van der Waals surface area contributed by atoms with Crippen LogP contribution in [0, 0.1) is 23.1 Å². The number of carboxylic acids is 1. The van der Waals surface area contributed by atoms with Crippen LogP contribution in [-0.2, 0) is 16.1 Å². The highest BCUT2D eigenvalue weighted by Crippen LogP contribution is 2.14. The van der Waals surface area contributed by atoms with E-state index in [-0.39, 0.29) is 24.2 Å². The van der Waals surface area contributed by atoms with Crippen molar-refractivity contribution in [3.05, 3.63) is 35.1 Å². The third-order valence-corrected chi connectivity index (χ3v) is 2.98. The number of hydrogen-bond donors (Lipinski definition) is 1. The fraction of sp³-hybridized carbons (Fsp3) is 0.357. The first-order chi connectivity index (χ1) is 9.40. The van der Waals surface area contributed by atoms with E-state index >= 15 is 0 Å². The summed E-state index contributed by atoms with van der Waals surface area (Å²) in [4.78, 5) is 24.0. The summed E-state index contributed by atoms with van der Waals surface area (Å²) < 4.78 is 13.8. The van der Waals surface area contributed by atoms with Crippen LogP contribution in [0.4, 0.5) is 4.39 Å². The minimum atomic E-state index is -1.21. The molecule has 0 heterocycles. The molecule has 106 valence electrons. The predicted molar refractivity (Wildman–Crippen MR) is 69.0 cm³/mol. The van der Waals surface area contributed by atoms with Crippen LogP contribution in [0.25, 0.3) is 0 Å². The molecule has 1 N–H and O–H groups in total. The molecule has 0 aromatic heterocycles. The highest BCUT2D eigenvalue weighted by Gasteiger charge is 2.25. The van der Waals surface area contributed by atoms with Crippen molar-refractivity contribution in [3.8, 4) is 6.07 Å². The van der Waals surface area contributed by atoms with Crippen LogP contribution in [0.1, 0.15) is 25.0 Å². The van der Waals surface area contributed by atoms with E-state index < -0.39 is 23.6 Å². The van der Waals surface area contributed by atoms with E-state index in [9.17, 15) is 14.0 Å². The van der Waals surface area contributed by atoms with Gasteiger partial charge in [-0.05, 0) is 26.0 Å². The maximum Gasteiger partial charge on any atom is 0.315 e. The SMILES string of the molecule is CCN(Cc1ccc(C#N)cc1F)C(=O)C(C)C(=O)O. The Hall–Kier alpha value is -2.42. The van der Waals surface area contributed by atoms with Crippen molar-refractivity contribution in [3.63, 3.8) is 0 Å². The van der Waals surface area contributed by atoms with Gasteiger partial charge in [-0.25, -0.2) is 4.39 Å². The first-order valence-corrected chi connectivity index (χ1v) is 6.10. The molecule has 0 radical (unpaired) electrons. The molecular weight excluding hydrogens is 263 g/mol. The molecule has 1 amide bonds. The highest BCUT2D eigenvalue weighted by molar-refractivity contribution is 5.96. The van der Waals surface area contributed by atoms with Crippen molar-refractivity contribution in [2.75, 3.05) is 6.54 Å². The summed E-state index contributed by atoms with van der Waals surface area (Å²) in [6, 6.07) is 5.79. The molecular formula is C14H15FN2O3. The molecule has 0 bridgehead atoms. The molecule has 0 fully saturated rings. The fourth-order valence-electron chi connectivity index (χ4n) is 1.68. The standard InChI is InChI=1S/C14H15FN2O3/c1-3-17(13(18)9(2)14(19)20)8-11-5-4-10(7-16)6-12(11)15/h4-6,9H,3,8H2,1-2H3,(H,19,20). The van der Waals surface area contributed by atoms with E-state index in [1.807, 2.05) is 6.07 Å².